The van der Waals surface area contributed by atoms with Crippen LogP contribution in [-0.2, 0) is 9.53 Å². The fourth-order valence-electron chi connectivity index (χ4n) is 4.59. The van der Waals surface area contributed by atoms with Gasteiger partial charge in [-0.3, -0.25) is 19.3 Å². The number of hydrogen-bond acceptors (Lipinski definition) is 9. The third-order valence-corrected chi connectivity index (χ3v) is 7.08. The van der Waals surface area contributed by atoms with E-state index < -0.39 is 23.1 Å². The van der Waals surface area contributed by atoms with Crippen LogP contribution in [0.4, 0.5) is 20.3 Å². The lowest BCUT2D eigenvalue weighted by atomic mass is 10.2. The SMILES string of the molecule is COCCN1CCN(C(=O)C#Cc2c(Oc3ccc(NC(=O)c4ccnn(-c5ccc(F)cc5)c4=O)cc3F)ccnc2N)CC1. The van der Waals surface area contributed by atoms with E-state index in [9.17, 15) is 18.8 Å². The number of nitrogens with two attached hydrogens (primary N) is 1. The molecule has 1 saturated heterocycles. The average molecular weight is 630 g/mol. The quantitative estimate of drug-likeness (QED) is 0.281. The number of hydrogen-bond donors (Lipinski definition) is 2. The van der Waals surface area contributed by atoms with Crippen LogP contribution in [0.2, 0.25) is 0 Å². The summed E-state index contributed by atoms with van der Waals surface area (Å²) < 4.78 is 40.2. The number of ether oxygens (including phenoxy) is 2. The van der Waals surface area contributed by atoms with Gasteiger partial charge in [0.25, 0.3) is 17.4 Å². The first-order valence-electron chi connectivity index (χ1n) is 14.1. The summed E-state index contributed by atoms with van der Waals surface area (Å²) in [5, 5.41) is 6.42. The number of nitrogens with one attached hydrogen (secondary N) is 1. The molecule has 1 fully saturated rings. The molecule has 5 rings (SSSR count). The minimum atomic E-state index is -0.840. The van der Waals surface area contributed by atoms with Crippen molar-refractivity contribution in [2.75, 3.05) is 57.5 Å². The molecule has 1 aliphatic rings. The lowest BCUT2D eigenvalue weighted by Crippen LogP contribution is -2.49. The highest BCUT2D eigenvalue weighted by Gasteiger charge is 2.20. The first-order valence-corrected chi connectivity index (χ1v) is 14.1. The van der Waals surface area contributed by atoms with E-state index >= 15 is 4.39 Å². The van der Waals surface area contributed by atoms with Gasteiger partial charge >= 0.3 is 0 Å². The molecule has 2 aromatic heterocycles. The number of amides is 2. The molecule has 3 N–H and O–H groups in total. The zero-order valence-corrected chi connectivity index (χ0v) is 24.7. The van der Waals surface area contributed by atoms with Gasteiger partial charge in [-0.05, 0) is 48.4 Å². The Kier molecular flexibility index (Phi) is 9.96. The molecule has 12 nitrogen and oxygen atoms in total. The Morgan fingerprint density at radius 1 is 1.00 bits per heavy atom. The normalized spacial score (nSPS) is 13.1. The van der Waals surface area contributed by atoms with Gasteiger partial charge in [0.05, 0.1) is 12.3 Å². The van der Waals surface area contributed by atoms with E-state index in [0.29, 0.717) is 32.8 Å². The van der Waals surface area contributed by atoms with E-state index in [0.717, 1.165) is 29.4 Å². The van der Waals surface area contributed by atoms with Crippen molar-refractivity contribution >= 4 is 23.3 Å². The molecular formula is C32H29F2N7O5. The van der Waals surface area contributed by atoms with Crippen molar-refractivity contribution in [2.45, 2.75) is 0 Å². The summed E-state index contributed by atoms with van der Waals surface area (Å²) in [6, 6.07) is 11.3. The predicted molar refractivity (Wildman–Crippen MR) is 165 cm³/mol. The van der Waals surface area contributed by atoms with Gasteiger partial charge in [-0.25, -0.2) is 13.8 Å². The lowest BCUT2D eigenvalue weighted by Gasteiger charge is -2.33. The smallest absolute Gasteiger partial charge is 0.298 e. The Balaban J connectivity index is 1.27. The van der Waals surface area contributed by atoms with Crippen molar-refractivity contribution in [2.24, 2.45) is 0 Å². The molecule has 0 saturated carbocycles. The number of carbonyl (C=O) groups is 2. The van der Waals surface area contributed by atoms with Gasteiger partial charge < -0.3 is 25.4 Å². The van der Waals surface area contributed by atoms with Gasteiger partial charge in [0, 0.05) is 76.0 Å². The van der Waals surface area contributed by atoms with Gasteiger partial charge in [-0.2, -0.15) is 9.78 Å². The molecule has 0 aliphatic carbocycles. The number of benzene rings is 2. The molecule has 2 aromatic carbocycles. The minimum Gasteiger partial charge on any atom is -0.453 e. The first-order chi connectivity index (χ1) is 22.2. The van der Waals surface area contributed by atoms with Gasteiger partial charge in [0.2, 0.25) is 0 Å². The first kappa shape index (κ1) is 31.8. The second kappa shape index (κ2) is 14.4. The third-order valence-electron chi connectivity index (χ3n) is 7.08. The number of piperazine rings is 1. The van der Waals surface area contributed by atoms with Crippen molar-refractivity contribution in [3.05, 3.63) is 100 Å². The highest BCUT2D eigenvalue weighted by atomic mass is 19.1. The summed E-state index contributed by atoms with van der Waals surface area (Å²) in [4.78, 5) is 46.4. The van der Waals surface area contributed by atoms with Crippen LogP contribution < -0.4 is 21.3 Å². The number of nitrogen functional groups attached to an aromatic ring is 1. The molecule has 0 unspecified atom stereocenters. The van der Waals surface area contributed by atoms with Crippen LogP contribution in [0.5, 0.6) is 11.5 Å². The fourth-order valence-corrected chi connectivity index (χ4v) is 4.59. The highest BCUT2D eigenvalue weighted by Crippen LogP contribution is 2.30. The van der Waals surface area contributed by atoms with E-state index in [4.69, 9.17) is 15.2 Å². The zero-order valence-electron chi connectivity index (χ0n) is 24.7. The van der Waals surface area contributed by atoms with Crippen LogP contribution in [-0.4, -0.2) is 82.8 Å². The topological polar surface area (TPSA) is 145 Å². The Bertz CT molecular complexity index is 1860. The summed E-state index contributed by atoms with van der Waals surface area (Å²) in [7, 11) is 1.64. The van der Waals surface area contributed by atoms with Gasteiger partial charge in [0.15, 0.2) is 11.6 Å². The lowest BCUT2D eigenvalue weighted by molar-refractivity contribution is -0.126. The van der Waals surface area contributed by atoms with E-state index in [1.54, 1.807) is 12.0 Å². The Labute approximate surface area is 262 Å². The van der Waals surface area contributed by atoms with Gasteiger partial charge in [-0.15, -0.1) is 0 Å². The molecule has 2 amide bonds. The van der Waals surface area contributed by atoms with Crippen molar-refractivity contribution in [3.8, 4) is 29.0 Å². The van der Waals surface area contributed by atoms with Crippen LogP contribution in [0.1, 0.15) is 15.9 Å². The summed E-state index contributed by atoms with van der Waals surface area (Å²) in [5.74, 6) is 2.63. The van der Waals surface area contributed by atoms with Crippen LogP contribution >= 0.6 is 0 Å². The summed E-state index contributed by atoms with van der Waals surface area (Å²) >= 11 is 0. The molecule has 0 bridgehead atoms. The zero-order chi connectivity index (χ0) is 32.6. The standard InChI is InChI=1S/C32H29F2N7O5/c1-45-19-18-39-14-16-40(17-15-39)29(42)9-7-24-27(11-12-36-30(24)35)46-28-8-4-22(20-26(28)34)38-31(43)25-10-13-37-41(32(25)44)23-5-2-21(33)3-6-23/h2-6,8,10-13,20H,14-19H2,1H3,(H2,35,36)(H,38,43). The fraction of sp³-hybridized carbons (Fsp3) is 0.219. The molecule has 0 radical (unpaired) electrons. The number of anilines is 2. The molecule has 3 heterocycles. The molecule has 236 valence electrons. The Morgan fingerprint density at radius 3 is 2.48 bits per heavy atom. The molecular weight excluding hydrogens is 600 g/mol. The van der Waals surface area contributed by atoms with Gasteiger partial charge in [0.1, 0.15) is 28.5 Å². The van der Waals surface area contributed by atoms with E-state index in [1.165, 1.54) is 48.8 Å². The minimum absolute atomic E-state index is 0.00452. The summed E-state index contributed by atoms with van der Waals surface area (Å²) in [6.45, 7) is 3.83. The Morgan fingerprint density at radius 2 is 1.76 bits per heavy atom. The predicted octanol–water partition coefficient (Wildman–Crippen LogP) is 2.67. The monoisotopic (exact) mass is 629 g/mol. The Hall–Kier alpha value is -5.65. The number of carbonyl (C=O) groups excluding carboxylic acids is 2. The second-order valence-electron chi connectivity index (χ2n) is 10.1. The van der Waals surface area contributed by atoms with Crippen molar-refractivity contribution in [1.82, 2.24) is 24.6 Å². The molecule has 1 aliphatic heterocycles. The maximum absolute atomic E-state index is 15.1. The number of methoxy groups -OCH3 is 1. The molecule has 0 spiro atoms. The molecule has 0 atom stereocenters. The largest absolute Gasteiger partial charge is 0.453 e. The molecule has 4 aromatic rings. The number of aromatic nitrogens is 3. The number of halogens is 2. The van der Waals surface area contributed by atoms with Crippen LogP contribution in [0.3, 0.4) is 0 Å². The maximum Gasteiger partial charge on any atom is 0.298 e. The molecule has 46 heavy (non-hydrogen) atoms. The average Bonchev–Trinajstić information content (AvgIpc) is 3.05. The summed E-state index contributed by atoms with van der Waals surface area (Å²) in [5.41, 5.74) is 5.41. The van der Waals surface area contributed by atoms with Crippen LogP contribution in [0.15, 0.2) is 71.8 Å². The number of nitrogens with zero attached hydrogens (tertiary/aromatic N) is 5. The second-order valence-corrected chi connectivity index (χ2v) is 10.1. The van der Waals surface area contributed by atoms with E-state index in [2.05, 4.69) is 32.1 Å². The highest BCUT2D eigenvalue weighted by molar-refractivity contribution is 6.04. The molecule has 14 heteroatoms. The van der Waals surface area contributed by atoms with Crippen LogP contribution in [0, 0.1) is 23.5 Å². The summed E-state index contributed by atoms with van der Waals surface area (Å²) in [6.07, 6.45) is 2.60. The van der Waals surface area contributed by atoms with E-state index in [1.807, 2.05) is 0 Å². The van der Waals surface area contributed by atoms with Crippen LogP contribution in [0.25, 0.3) is 5.69 Å². The maximum atomic E-state index is 15.1. The van der Waals surface area contributed by atoms with Crippen molar-refractivity contribution in [1.29, 1.82) is 0 Å². The van der Waals surface area contributed by atoms with Gasteiger partial charge in [-0.1, -0.05) is 0 Å². The third kappa shape index (κ3) is 7.52. The van der Waals surface area contributed by atoms with Crippen molar-refractivity contribution < 1.29 is 27.8 Å². The van der Waals surface area contributed by atoms with Crippen molar-refractivity contribution in [3.63, 3.8) is 0 Å². The van der Waals surface area contributed by atoms with E-state index in [-0.39, 0.29) is 45.7 Å². The number of pyridine rings is 1. The number of rotatable bonds is 8.